The van der Waals surface area contributed by atoms with E-state index in [4.69, 9.17) is 4.74 Å². The first-order chi connectivity index (χ1) is 9.54. The maximum atomic E-state index is 12.5. The molecule has 0 N–H and O–H groups in total. The number of ketones is 1. The minimum absolute atomic E-state index is 0.233. The predicted octanol–water partition coefficient (Wildman–Crippen LogP) is 5.13. The Morgan fingerprint density at radius 2 is 2.05 bits per heavy atom. The number of carbonyl (C=O) groups excluding carboxylic acids is 1. The zero-order valence-electron chi connectivity index (χ0n) is 14.9. The number of hydrogen-bond acceptors (Lipinski definition) is 2. The van der Waals surface area contributed by atoms with E-state index in [1.165, 1.54) is 0 Å². The van der Waals surface area contributed by atoms with Crippen molar-refractivity contribution in [2.45, 2.75) is 61.8 Å². The number of carbonyl (C=O) groups is 1. The average molecular weight is 399 g/mol. The first kappa shape index (κ1) is 18.8. The number of allylic oxidation sites excluding steroid dienone is 4. The topological polar surface area (TPSA) is 26.3 Å². The molecule has 0 aromatic rings. The van der Waals surface area contributed by atoms with E-state index < -0.39 is 18.4 Å². The minimum atomic E-state index is -1.95. The van der Waals surface area contributed by atoms with Gasteiger partial charge < -0.3 is 0 Å². The van der Waals surface area contributed by atoms with Gasteiger partial charge in [0.15, 0.2) is 0 Å². The second kappa shape index (κ2) is 7.34. The molecule has 0 unspecified atom stereocenters. The average Bonchev–Trinajstić information content (AvgIpc) is 2.36. The van der Waals surface area contributed by atoms with Crippen molar-refractivity contribution >= 4 is 24.2 Å². The summed E-state index contributed by atoms with van der Waals surface area (Å²) in [5, 5.41) is 0. The van der Waals surface area contributed by atoms with Crippen LogP contribution in [0, 0.1) is 11.3 Å². The quantitative estimate of drug-likeness (QED) is 0.580. The second-order valence-electron chi connectivity index (χ2n) is 8.08. The van der Waals surface area contributed by atoms with E-state index in [9.17, 15) is 4.79 Å². The molecule has 0 aromatic heterocycles. The molecular weight excluding hydrogens is 367 g/mol. The van der Waals surface area contributed by atoms with Crippen LogP contribution in [0.15, 0.2) is 21.5 Å². The SMILES string of the molecule is C/[C](=C/C[C@]1(C)CCC(OCC(C)C)=CC1=O)[Sn]([CH3])([CH3])[CH3]. The monoisotopic (exact) mass is 400 g/mol. The Kier molecular flexibility index (Phi) is 6.57. The molecule has 0 heterocycles. The molecule has 0 saturated carbocycles. The normalized spacial score (nSPS) is 24.3. The van der Waals surface area contributed by atoms with Crippen LogP contribution >= 0.6 is 0 Å². The van der Waals surface area contributed by atoms with Crippen LogP contribution < -0.4 is 0 Å². The van der Waals surface area contributed by atoms with E-state index in [2.05, 4.69) is 48.6 Å². The standard InChI is InChI=1S/C15H23O2.3CH3.Sn/c1-5-6-8-15(4)9-7-13(10-14(15)16)17-11-12(2)3;;;;/h6,10,12H,7-9,11H2,1-4H3;3*1H3;/t15-;;;;/m1..../s1. The Hall–Kier alpha value is -0.251. The third-order valence-electron chi connectivity index (χ3n) is 4.45. The van der Waals surface area contributed by atoms with Gasteiger partial charge >= 0.3 is 135 Å². The van der Waals surface area contributed by atoms with E-state index in [0.29, 0.717) is 12.5 Å². The van der Waals surface area contributed by atoms with Gasteiger partial charge in [-0.2, -0.15) is 0 Å². The summed E-state index contributed by atoms with van der Waals surface area (Å²) in [4.78, 5) is 19.7. The molecule has 0 aliphatic heterocycles. The van der Waals surface area contributed by atoms with Gasteiger partial charge in [-0.15, -0.1) is 0 Å². The third kappa shape index (κ3) is 5.80. The van der Waals surface area contributed by atoms with Crippen LogP contribution in [-0.2, 0) is 9.53 Å². The Labute approximate surface area is 134 Å². The Balaban J connectivity index is 2.71. The van der Waals surface area contributed by atoms with E-state index in [1.54, 1.807) is 9.67 Å². The molecule has 0 bridgehead atoms. The molecular formula is C18H32O2Sn. The van der Waals surface area contributed by atoms with Gasteiger partial charge in [-0.05, 0) is 0 Å². The van der Waals surface area contributed by atoms with Crippen molar-refractivity contribution in [2.24, 2.45) is 11.3 Å². The summed E-state index contributed by atoms with van der Waals surface area (Å²) in [6.07, 6.45) is 6.75. The molecule has 0 fully saturated rings. The predicted molar refractivity (Wildman–Crippen MR) is 92.9 cm³/mol. The molecule has 0 aromatic carbocycles. The molecule has 0 amide bonds. The first-order valence-corrected chi connectivity index (χ1v) is 18.1. The summed E-state index contributed by atoms with van der Waals surface area (Å²) in [5.41, 5.74) is -0.233. The summed E-state index contributed by atoms with van der Waals surface area (Å²) in [6.45, 7) is 9.31. The third-order valence-corrected chi connectivity index (χ3v) is 11.8. The van der Waals surface area contributed by atoms with Crippen molar-refractivity contribution in [3.63, 3.8) is 0 Å². The number of hydrogen-bond donors (Lipinski definition) is 0. The molecule has 1 atom stereocenters. The van der Waals surface area contributed by atoms with Crippen LogP contribution in [0.2, 0.25) is 14.8 Å². The van der Waals surface area contributed by atoms with Crippen molar-refractivity contribution in [1.82, 2.24) is 0 Å². The van der Waals surface area contributed by atoms with Crippen molar-refractivity contribution in [1.29, 1.82) is 0 Å². The molecule has 3 heteroatoms. The molecule has 0 spiro atoms. The Morgan fingerprint density at radius 1 is 1.43 bits per heavy atom. The second-order valence-corrected chi connectivity index (χ2v) is 23.2. The van der Waals surface area contributed by atoms with Crippen LogP contribution in [0.25, 0.3) is 0 Å². The molecule has 0 radical (unpaired) electrons. The van der Waals surface area contributed by atoms with E-state index in [1.807, 2.05) is 0 Å². The van der Waals surface area contributed by atoms with Crippen LogP contribution in [0.5, 0.6) is 0 Å². The summed E-state index contributed by atoms with van der Waals surface area (Å²) in [5.74, 6) is 1.61. The molecule has 1 aliphatic rings. The molecule has 21 heavy (non-hydrogen) atoms. The molecule has 120 valence electrons. The van der Waals surface area contributed by atoms with Gasteiger partial charge in [0.05, 0.1) is 0 Å². The van der Waals surface area contributed by atoms with Crippen LogP contribution in [0.4, 0.5) is 0 Å². The Morgan fingerprint density at radius 3 is 2.52 bits per heavy atom. The fraction of sp³-hybridized carbons (Fsp3) is 0.722. The van der Waals surface area contributed by atoms with E-state index in [-0.39, 0.29) is 11.2 Å². The van der Waals surface area contributed by atoms with Crippen molar-refractivity contribution < 1.29 is 9.53 Å². The summed E-state index contributed by atoms with van der Waals surface area (Å²) >= 11 is -1.95. The molecule has 2 nitrogen and oxygen atoms in total. The fourth-order valence-corrected chi connectivity index (χ4v) is 4.23. The number of rotatable bonds is 6. The molecule has 1 rings (SSSR count). The maximum absolute atomic E-state index is 12.5. The van der Waals surface area contributed by atoms with Gasteiger partial charge in [0.2, 0.25) is 0 Å². The van der Waals surface area contributed by atoms with Gasteiger partial charge in [0.1, 0.15) is 0 Å². The van der Waals surface area contributed by atoms with Crippen LogP contribution in [0.1, 0.15) is 47.0 Å². The van der Waals surface area contributed by atoms with Crippen molar-refractivity contribution in [2.75, 3.05) is 6.61 Å². The van der Waals surface area contributed by atoms with E-state index >= 15 is 0 Å². The zero-order chi connectivity index (χ0) is 16.3. The van der Waals surface area contributed by atoms with Crippen molar-refractivity contribution in [3.05, 3.63) is 21.5 Å². The first-order valence-electron chi connectivity index (χ1n) is 8.09. The van der Waals surface area contributed by atoms with Gasteiger partial charge in [-0.3, -0.25) is 0 Å². The summed E-state index contributed by atoms with van der Waals surface area (Å²) in [7, 11) is 0. The fourth-order valence-electron chi connectivity index (χ4n) is 2.19. The molecule has 0 saturated heterocycles. The van der Waals surface area contributed by atoms with Crippen LogP contribution in [-0.4, -0.2) is 30.8 Å². The van der Waals surface area contributed by atoms with Crippen LogP contribution in [0.3, 0.4) is 0 Å². The van der Waals surface area contributed by atoms with E-state index in [0.717, 1.165) is 25.0 Å². The zero-order valence-corrected chi connectivity index (χ0v) is 17.7. The van der Waals surface area contributed by atoms with Gasteiger partial charge in [-0.25, -0.2) is 0 Å². The van der Waals surface area contributed by atoms with Gasteiger partial charge in [-0.1, -0.05) is 0 Å². The Bertz CT molecular complexity index is 441. The number of ether oxygens (including phenoxy) is 1. The van der Waals surface area contributed by atoms with Crippen molar-refractivity contribution in [3.8, 4) is 0 Å². The summed E-state index contributed by atoms with van der Waals surface area (Å²) in [6, 6.07) is 0. The summed E-state index contributed by atoms with van der Waals surface area (Å²) < 4.78 is 7.28. The van der Waals surface area contributed by atoms with Gasteiger partial charge in [0, 0.05) is 0 Å². The molecule has 1 aliphatic carbocycles. The van der Waals surface area contributed by atoms with Gasteiger partial charge in [0.25, 0.3) is 0 Å².